The second kappa shape index (κ2) is 6.92. The lowest BCUT2D eigenvalue weighted by Crippen LogP contribution is -2.14. The molecule has 0 saturated heterocycles. The molecule has 2 aromatic carbocycles. The number of carbonyl (C=O) groups excluding carboxylic acids is 1. The van der Waals surface area contributed by atoms with E-state index >= 15 is 0 Å². The summed E-state index contributed by atoms with van der Waals surface area (Å²) in [6.07, 6.45) is -1.47. The molecule has 7 heteroatoms. The van der Waals surface area contributed by atoms with E-state index in [1.807, 2.05) is 30.3 Å². The molecule has 1 aliphatic heterocycles. The molecular weight excluding hydrogens is 336 g/mol. The van der Waals surface area contributed by atoms with Crippen LogP contribution < -0.4 is 5.73 Å². The Morgan fingerprint density at radius 2 is 1.75 bits per heavy atom. The molecule has 4 nitrogen and oxygen atoms in total. The van der Waals surface area contributed by atoms with Gasteiger partial charge in [-0.05, 0) is 17.7 Å². The molecule has 124 valence electrons. The highest BCUT2D eigenvalue weighted by Crippen LogP contribution is 2.36. The third-order valence-electron chi connectivity index (χ3n) is 3.40. The number of hydrogen-bond donors (Lipinski definition) is 1. The lowest BCUT2D eigenvalue weighted by atomic mass is 10.0. The molecule has 1 heterocycles. The van der Waals surface area contributed by atoms with Crippen molar-refractivity contribution in [2.45, 2.75) is 11.9 Å². The van der Waals surface area contributed by atoms with Gasteiger partial charge in [-0.2, -0.15) is 0 Å². The first kappa shape index (κ1) is 16.3. The van der Waals surface area contributed by atoms with E-state index < -0.39 is 29.1 Å². The molecule has 0 saturated carbocycles. The van der Waals surface area contributed by atoms with Crippen molar-refractivity contribution >= 4 is 17.8 Å². The van der Waals surface area contributed by atoms with Crippen LogP contribution >= 0.6 is 12.0 Å². The average molecular weight is 349 g/mol. The van der Waals surface area contributed by atoms with E-state index in [1.165, 1.54) is 6.07 Å². The minimum atomic E-state index is -1.47. The smallest absolute Gasteiger partial charge is 0.249 e. The van der Waals surface area contributed by atoms with Crippen LogP contribution in [0.2, 0.25) is 0 Å². The van der Waals surface area contributed by atoms with Crippen molar-refractivity contribution in [1.82, 2.24) is 0 Å². The van der Waals surface area contributed by atoms with Gasteiger partial charge in [0.25, 0.3) is 0 Å². The summed E-state index contributed by atoms with van der Waals surface area (Å²) in [6, 6.07) is 12.8. The predicted octanol–water partition coefficient (Wildman–Crippen LogP) is 3.60. The van der Waals surface area contributed by atoms with Crippen molar-refractivity contribution in [2.24, 2.45) is 5.73 Å². The topological polar surface area (TPSA) is 61.5 Å². The Labute approximate surface area is 141 Å². The molecule has 1 aliphatic rings. The Balaban J connectivity index is 1.69. The molecule has 2 N–H and O–H groups in total. The second-order valence-electron chi connectivity index (χ2n) is 5.02. The van der Waals surface area contributed by atoms with Crippen LogP contribution in [0.25, 0.3) is 0 Å². The second-order valence-corrected chi connectivity index (χ2v) is 5.71. The molecule has 0 radical (unpaired) electrons. The molecule has 1 atom stereocenters. The summed E-state index contributed by atoms with van der Waals surface area (Å²) in [6.45, 7) is 0. The number of rotatable bonds is 5. The largest absolute Gasteiger partial charge is 0.460 e. The van der Waals surface area contributed by atoms with Gasteiger partial charge in [0, 0.05) is 0 Å². The fourth-order valence-corrected chi connectivity index (χ4v) is 2.91. The maximum atomic E-state index is 13.8. The van der Waals surface area contributed by atoms with Crippen LogP contribution in [0.1, 0.15) is 17.2 Å². The SMILES string of the molecule is NC1=C(OSCc2ccccc2)C(=O)C(c2c(F)cccc2F)O1. The molecule has 0 amide bonds. The van der Waals surface area contributed by atoms with Gasteiger partial charge < -0.3 is 14.7 Å². The Hall–Kier alpha value is -2.54. The van der Waals surface area contributed by atoms with Crippen molar-refractivity contribution < 1.29 is 22.5 Å². The van der Waals surface area contributed by atoms with Crippen LogP contribution in [0.15, 0.2) is 60.2 Å². The molecule has 1 unspecified atom stereocenters. The number of ketones is 1. The zero-order chi connectivity index (χ0) is 17.1. The molecule has 24 heavy (non-hydrogen) atoms. The van der Waals surface area contributed by atoms with Crippen LogP contribution in [0.4, 0.5) is 8.78 Å². The summed E-state index contributed by atoms with van der Waals surface area (Å²) in [5, 5.41) is 0. The first-order valence-electron chi connectivity index (χ1n) is 7.06. The number of halogens is 2. The molecule has 0 fully saturated rings. The fourth-order valence-electron chi connectivity index (χ4n) is 2.24. The molecule has 0 spiro atoms. The van der Waals surface area contributed by atoms with Crippen molar-refractivity contribution in [3.8, 4) is 0 Å². The normalized spacial score (nSPS) is 17.1. The first-order chi connectivity index (χ1) is 11.6. The summed E-state index contributed by atoms with van der Waals surface area (Å²) in [4.78, 5) is 12.3. The highest BCUT2D eigenvalue weighted by molar-refractivity contribution is 7.94. The van der Waals surface area contributed by atoms with Crippen LogP contribution in [0.5, 0.6) is 0 Å². The maximum Gasteiger partial charge on any atom is 0.249 e. The number of Topliss-reactive ketones (excluding diaryl/α,β-unsaturated/α-hetero) is 1. The maximum absolute atomic E-state index is 13.8. The molecule has 3 rings (SSSR count). The van der Waals surface area contributed by atoms with Gasteiger partial charge >= 0.3 is 0 Å². The Morgan fingerprint density at radius 3 is 2.42 bits per heavy atom. The van der Waals surface area contributed by atoms with Gasteiger partial charge in [0.05, 0.1) is 23.4 Å². The number of nitrogens with two attached hydrogens (primary N) is 1. The summed E-state index contributed by atoms with van der Waals surface area (Å²) in [7, 11) is 0. The monoisotopic (exact) mass is 349 g/mol. The van der Waals surface area contributed by atoms with E-state index in [9.17, 15) is 13.6 Å². The van der Waals surface area contributed by atoms with Crippen LogP contribution in [-0.2, 0) is 19.5 Å². The lowest BCUT2D eigenvalue weighted by Gasteiger charge is -2.11. The number of carbonyl (C=O) groups is 1. The fraction of sp³-hybridized carbons (Fsp3) is 0.118. The minimum Gasteiger partial charge on any atom is -0.460 e. The van der Waals surface area contributed by atoms with E-state index in [4.69, 9.17) is 14.7 Å². The van der Waals surface area contributed by atoms with Gasteiger partial charge in [0.2, 0.25) is 17.4 Å². The minimum absolute atomic E-state index is 0.233. The highest BCUT2D eigenvalue weighted by Gasteiger charge is 2.40. The van der Waals surface area contributed by atoms with Gasteiger partial charge in [-0.1, -0.05) is 36.4 Å². The van der Waals surface area contributed by atoms with Gasteiger partial charge in [0.15, 0.2) is 6.10 Å². The van der Waals surface area contributed by atoms with E-state index in [0.29, 0.717) is 5.75 Å². The summed E-state index contributed by atoms with van der Waals surface area (Å²) < 4.78 is 38.1. The van der Waals surface area contributed by atoms with E-state index in [-0.39, 0.29) is 11.6 Å². The summed E-state index contributed by atoms with van der Waals surface area (Å²) in [5.74, 6) is -2.50. The molecular formula is C17H13F2NO3S. The van der Waals surface area contributed by atoms with Crippen LogP contribution in [-0.4, -0.2) is 5.78 Å². The first-order valence-corrected chi connectivity index (χ1v) is 7.97. The summed E-state index contributed by atoms with van der Waals surface area (Å²) in [5.41, 5.74) is 6.15. The molecule has 2 aromatic rings. The van der Waals surface area contributed by atoms with E-state index in [1.54, 1.807) is 0 Å². The standard InChI is InChI=1S/C17H13F2NO3S/c18-11-7-4-8-12(19)13(11)15-14(21)16(17(20)22-15)23-24-9-10-5-2-1-3-6-10/h1-8,15H,9,20H2. The average Bonchev–Trinajstić information content (AvgIpc) is 2.84. The van der Waals surface area contributed by atoms with Crippen molar-refractivity contribution in [3.05, 3.63) is 82.9 Å². The van der Waals surface area contributed by atoms with Crippen LogP contribution in [0, 0.1) is 11.6 Å². The number of benzene rings is 2. The molecule has 0 bridgehead atoms. The number of ether oxygens (including phenoxy) is 1. The van der Waals surface area contributed by atoms with Gasteiger partial charge in [-0.3, -0.25) is 4.79 Å². The Bertz CT molecular complexity index is 775. The third-order valence-corrected chi connectivity index (χ3v) is 4.14. The zero-order valence-corrected chi connectivity index (χ0v) is 13.2. The molecule has 0 aliphatic carbocycles. The Kier molecular flexibility index (Phi) is 4.71. The van der Waals surface area contributed by atoms with E-state index in [2.05, 4.69) is 0 Å². The van der Waals surface area contributed by atoms with Crippen molar-refractivity contribution in [2.75, 3.05) is 0 Å². The predicted molar refractivity (Wildman–Crippen MR) is 85.2 cm³/mol. The third kappa shape index (κ3) is 3.21. The van der Waals surface area contributed by atoms with Crippen LogP contribution in [0.3, 0.4) is 0 Å². The summed E-state index contributed by atoms with van der Waals surface area (Å²) >= 11 is 0.991. The van der Waals surface area contributed by atoms with Gasteiger partial charge in [-0.15, -0.1) is 0 Å². The quantitative estimate of drug-likeness (QED) is 0.836. The van der Waals surface area contributed by atoms with Crippen molar-refractivity contribution in [3.63, 3.8) is 0 Å². The number of hydrogen-bond acceptors (Lipinski definition) is 5. The van der Waals surface area contributed by atoms with Gasteiger partial charge in [-0.25, -0.2) is 8.78 Å². The van der Waals surface area contributed by atoms with Crippen molar-refractivity contribution in [1.29, 1.82) is 0 Å². The molecule has 0 aromatic heterocycles. The Morgan fingerprint density at radius 1 is 1.08 bits per heavy atom. The van der Waals surface area contributed by atoms with E-state index in [0.717, 1.165) is 29.7 Å². The lowest BCUT2D eigenvalue weighted by molar-refractivity contribution is -0.123. The van der Waals surface area contributed by atoms with Gasteiger partial charge in [0.1, 0.15) is 11.6 Å². The zero-order valence-electron chi connectivity index (χ0n) is 12.4. The highest BCUT2D eigenvalue weighted by atomic mass is 32.2.